The van der Waals surface area contributed by atoms with E-state index in [2.05, 4.69) is 12.2 Å². The summed E-state index contributed by atoms with van der Waals surface area (Å²) in [5, 5.41) is 22.6. The number of aliphatic hydroxyl groups is 1. The predicted octanol–water partition coefficient (Wildman–Crippen LogP) is 2.42. The molecule has 1 aromatic rings. The molecule has 18 heavy (non-hydrogen) atoms. The number of nitrogens with one attached hydrogen (secondary N) is 1. The number of aliphatic hydroxyl groups excluding tert-OH is 1. The van der Waals surface area contributed by atoms with Crippen molar-refractivity contribution in [2.24, 2.45) is 5.92 Å². The van der Waals surface area contributed by atoms with Crippen LogP contribution in [0, 0.1) is 5.92 Å². The summed E-state index contributed by atoms with van der Waals surface area (Å²) < 4.78 is 0. The van der Waals surface area contributed by atoms with Gasteiger partial charge in [0.1, 0.15) is 5.75 Å². The van der Waals surface area contributed by atoms with Crippen molar-refractivity contribution in [2.75, 3.05) is 6.61 Å². The second-order valence-corrected chi connectivity index (χ2v) is 5.66. The molecule has 0 saturated heterocycles. The molecule has 1 saturated carbocycles. The minimum Gasteiger partial charge on any atom is -0.508 e. The van der Waals surface area contributed by atoms with Gasteiger partial charge in [0, 0.05) is 12.1 Å². The lowest BCUT2D eigenvalue weighted by Gasteiger charge is -2.39. The monoisotopic (exact) mass is 249 g/mol. The molecule has 0 aliphatic heterocycles. The molecule has 0 amide bonds. The fraction of sp³-hybridized carbons (Fsp3) is 0.600. The van der Waals surface area contributed by atoms with Gasteiger partial charge in [-0.25, -0.2) is 0 Å². The normalized spacial score (nSPS) is 28.2. The van der Waals surface area contributed by atoms with Crippen LogP contribution in [0.1, 0.15) is 38.2 Å². The highest BCUT2D eigenvalue weighted by atomic mass is 16.3. The van der Waals surface area contributed by atoms with Crippen LogP contribution in [0.25, 0.3) is 0 Å². The highest BCUT2D eigenvalue weighted by Gasteiger charge is 2.33. The van der Waals surface area contributed by atoms with E-state index in [1.807, 2.05) is 12.1 Å². The second-order valence-electron chi connectivity index (χ2n) is 5.66. The van der Waals surface area contributed by atoms with Crippen molar-refractivity contribution in [3.05, 3.63) is 29.8 Å². The van der Waals surface area contributed by atoms with Crippen molar-refractivity contribution in [1.29, 1.82) is 0 Å². The molecule has 2 rings (SSSR count). The zero-order chi connectivity index (χ0) is 13.0. The number of aromatic hydroxyl groups is 1. The van der Waals surface area contributed by atoms with Crippen molar-refractivity contribution < 1.29 is 10.2 Å². The smallest absolute Gasteiger partial charge is 0.115 e. The predicted molar refractivity (Wildman–Crippen MR) is 72.4 cm³/mol. The van der Waals surface area contributed by atoms with Gasteiger partial charge in [-0.15, -0.1) is 0 Å². The summed E-state index contributed by atoms with van der Waals surface area (Å²) >= 11 is 0. The maximum atomic E-state index is 9.68. The average Bonchev–Trinajstić information content (AvgIpc) is 2.37. The van der Waals surface area contributed by atoms with Crippen LogP contribution in [-0.2, 0) is 6.54 Å². The van der Waals surface area contributed by atoms with E-state index in [0.717, 1.165) is 18.4 Å². The Hall–Kier alpha value is -1.06. The van der Waals surface area contributed by atoms with Gasteiger partial charge in [-0.1, -0.05) is 31.9 Å². The summed E-state index contributed by atoms with van der Waals surface area (Å²) in [7, 11) is 0. The maximum absolute atomic E-state index is 9.68. The minimum absolute atomic E-state index is 0.136. The van der Waals surface area contributed by atoms with E-state index in [0.29, 0.717) is 18.2 Å². The van der Waals surface area contributed by atoms with E-state index in [-0.39, 0.29) is 12.1 Å². The molecule has 0 heterocycles. The molecule has 2 atom stereocenters. The number of phenols is 1. The molecule has 0 aromatic heterocycles. The summed E-state index contributed by atoms with van der Waals surface area (Å²) in [5.74, 6) is 0.965. The van der Waals surface area contributed by atoms with Crippen molar-refractivity contribution >= 4 is 0 Å². The first kappa shape index (κ1) is 13.4. The SMILES string of the molecule is CC1CCCC(CO)(NCc2cccc(O)c2)C1. The first-order valence-electron chi connectivity index (χ1n) is 6.77. The minimum atomic E-state index is -0.136. The Morgan fingerprint density at radius 3 is 2.94 bits per heavy atom. The number of rotatable bonds is 4. The summed E-state index contributed by atoms with van der Waals surface area (Å²) in [6.45, 7) is 3.14. The molecule has 2 unspecified atom stereocenters. The molecule has 3 N–H and O–H groups in total. The number of phenolic OH excluding ortho intramolecular Hbond substituents is 1. The highest BCUT2D eigenvalue weighted by Crippen LogP contribution is 2.32. The number of hydrogen-bond acceptors (Lipinski definition) is 3. The third-order valence-corrected chi connectivity index (χ3v) is 3.97. The summed E-state index contributed by atoms with van der Waals surface area (Å²) in [5.41, 5.74) is 0.921. The van der Waals surface area contributed by atoms with Crippen LogP contribution in [0.4, 0.5) is 0 Å². The molecule has 1 aliphatic carbocycles. The zero-order valence-corrected chi connectivity index (χ0v) is 11.0. The van der Waals surface area contributed by atoms with Gasteiger partial charge >= 0.3 is 0 Å². The topological polar surface area (TPSA) is 52.5 Å². The Labute approximate surface area is 109 Å². The molecule has 1 aromatic carbocycles. The molecule has 0 spiro atoms. The van der Waals surface area contributed by atoms with Gasteiger partial charge in [0.25, 0.3) is 0 Å². The van der Waals surface area contributed by atoms with Gasteiger partial charge in [-0.3, -0.25) is 0 Å². The average molecular weight is 249 g/mol. The fourth-order valence-electron chi connectivity index (χ4n) is 2.98. The van der Waals surface area contributed by atoms with Gasteiger partial charge in [-0.2, -0.15) is 0 Å². The molecule has 1 aliphatic rings. The second kappa shape index (κ2) is 5.72. The van der Waals surface area contributed by atoms with E-state index >= 15 is 0 Å². The molecule has 3 heteroatoms. The molecule has 1 fully saturated rings. The van der Waals surface area contributed by atoms with Crippen LogP contribution in [0.15, 0.2) is 24.3 Å². The van der Waals surface area contributed by atoms with Gasteiger partial charge in [0.05, 0.1) is 6.61 Å². The Balaban J connectivity index is 1.98. The maximum Gasteiger partial charge on any atom is 0.115 e. The highest BCUT2D eigenvalue weighted by molar-refractivity contribution is 5.27. The molecule has 0 bridgehead atoms. The Morgan fingerprint density at radius 1 is 1.44 bits per heavy atom. The van der Waals surface area contributed by atoms with Crippen LogP contribution in [-0.4, -0.2) is 22.4 Å². The van der Waals surface area contributed by atoms with Crippen LogP contribution in [0.5, 0.6) is 5.75 Å². The Kier molecular flexibility index (Phi) is 4.25. The molecule has 0 radical (unpaired) electrons. The lowest BCUT2D eigenvalue weighted by molar-refractivity contribution is 0.0982. The van der Waals surface area contributed by atoms with Gasteiger partial charge in [0.2, 0.25) is 0 Å². The lowest BCUT2D eigenvalue weighted by atomic mass is 9.77. The van der Waals surface area contributed by atoms with E-state index in [1.165, 1.54) is 12.8 Å². The quantitative estimate of drug-likeness (QED) is 0.768. The van der Waals surface area contributed by atoms with Crippen LogP contribution in [0.2, 0.25) is 0 Å². The van der Waals surface area contributed by atoms with E-state index in [4.69, 9.17) is 0 Å². The number of hydrogen-bond donors (Lipinski definition) is 3. The molecular formula is C15H23NO2. The van der Waals surface area contributed by atoms with Crippen molar-refractivity contribution in [3.63, 3.8) is 0 Å². The zero-order valence-electron chi connectivity index (χ0n) is 11.0. The summed E-state index contributed by atoms with van der Waals surface area (Å²) in [6, 6.07) is 7.28. The van der Waals surface area contributed by atoms with Gasteiger partial charge in [-0.05, 0) is 36.5 Å². The van der Waals surface area contributed by atoms with E-state index in [1.54, 1.807) is 12.1 Å². The first-order chi connectivity index (χ1) is 8.63. The standard InChI is InChI=1S/C15H23NO2/c1-12-4-3-7-15(9-12,11-17)16-10-13-5-2-6-14(18)8-13/h2,5-6,8,12,16-18H,3-4,7,9-11H2,1H3. The largest absolute Gasteiger partial charge is 0.508 e. The third kappa shape index (κ3) is 3.24. The fourth-order valence-corrected chi connectivity index (χ4v) is 2.98. The van der Waals surface area contributed by atoms with Gasteiger partial charge < -0.3 is 15.5 Å². The van der Waals surface area contributed by atoms with Crippen molar-refractivity contribution in [1.82, 2.24) is 5.32 Å². The first-order valence-corrected chi connectivity index (χ1v) is 6.77. The molecular weight excluding hydrogens is 226 g/mol. The van der Waals surface area contributed by atoms with E-state index in [9.17, 15) is 10.2 Å². The van der Waals surface area contributed by atoms with Crippen molar-refractivity contribution in [3.8, 4) is 5.75 Å². The van der Waals surface area contributed by atoms with Crippen LogP contribution < -0.4 is 5.32 Å². The number of benzene rings is 1. The van der Waals surface area contributed by atoms with Crippen molar-refractivity contribution in [2.45, 2.75) is 44.7 Å². The molecule has 3 nitrogen and oxygen atoms in total. The van der Waals surface area contributed by atoms with Crippen LogP contribution >= 0.6 is 0 Å². The summed E-state index contributed by atoms with van der Waals surface area (Å²) in [6.07, 6.45) is 4.50. The van der Waals surface area contributed by atoms with Gasteiger partial charge in [0.15, 0.2) is 0 Å². The Bertz CT molecular complexity index is 394. The third-order valence-electron chi connectivity index (χ3n) is 3.97. The molecule has 100 valence electrons. The van der Waals surface area contributed by atoms with Crippen LogP contribution in [0.3, 0.4) is 0 Å². The lowest BCUT2D eigenvalue weighted by Crippen LogP contribution is -2.51. The summed E-state index contributed by atoms with van der Waals surface area (Å²) in [4.78, 5) is 0. The Morgan fingerprint density at radius 2 is 2.28 bits per heavy atom. The van der Waals surface area contributed by atoms with E-state index < -0.39 is 0 Å².